The molecule has 0 saturated heterocycles. The predicted molar refractivity (Wildman–Crippen MR) is 119 cm³/mol. The molecule has 10 heteroatoms. The molecule has 0 radical (unpaired) electrons. The summed E-state index contributed by atoms with van der Waals surface area (Å²) in [7, 11) is 0. The van der Waals surface area contributed by atoms with Crippen LogP contribution < -0.4 is 5.73 Å². The van der Waals surface area contributed by atoms with Gasteiger partial charge in [0.2, 0.25) is 0 Å². The summed E-state index contributed by atoms with van der Waals surface area (Å²) in [6, 6.07) is 3.08. The number of aromatic carboxylic acids is 1. The Balaban J connectivity index is 1.61. The molecule has 0 aromatic carbocycles. The number of aromatic nitrogens is 6. The van der Waals surface area contributed by atoms with E-state index in [1.807, 2.05) is 10.9 Å². The first kappa shape index (κ1) is 19.2. The maximum Gasteiger partial charge on any atom is 0.354 e. The third-order valence-electron chi connectivity index (χ3n) is 5.01. The molecular weight excluding hydrogens is 462 g/mol. The molecule has 4 heterocycles. The molecule has 31 heavy (non-hydrogen) atoms. The van der Waals surface area contributed by atoms with Crippen molar-refractivity contribution in [3.05, 3.63) is 65.3 Å². The van der Waals surface area contributed by atoms with Crippen LogP contribution in [0.25, 0.3) is 33.7 Å². The summed E-state index contributed by atoms with van der Waals surface area (Å²) < 4.78 is 3.93. The van der Waals surface area contributed by atoms with Gasteiger partial charge in [-0.15, -0.1) is 0 Å². The quantitative estimate of drug-likeness (QED) is 0.456. The molecule has 0 aliphatic heterocycles. The molecule has 4 aromatic rings. The zero-order valence-electron chi connectivity index (χ0n) is 16.1. The van der Waals surface area contributed by atoms with E-state index in [-0.39, 0.29) is 5.69 Å². The smallest absolute Gasteiger partial charge is 0.354 e. The topological polar surface area (TPSA) is 124 Å². The zero-order valence-corrected chi connectivity index (χ0v) is 17.7. The number of carboxylic acid groups (broad SMARTS) is 1. The molecule has 4 aromatic heterocycles. The minimum absolute atomic E-state index is 0.0440. The van der Waals surface area contributed by atoms with Crippen molar-refractivity contribution in [1.82, 2.24) is 29.4 Å². The van der Waals surface area contributed by atoms with E-state index in [0.29, 0.717) is 27.2 Å². The Hall–Kier alpha value is -3.79. The van der Waals surface area contributed by atoms with E-state index in [1.165, 1.54) is 12.3 Å². The lowest BCUT2D eigenvalue weighted by atomic mass is 10.1. The zero-order chi connectivity index (χ0) is 21.5. The van der Waals surface area contributed by atoms with Gasteiger partial charge in [-0.2, -0.15) is 14.7 Å². The highest BCUT2D eigenvalue weighted by molar-refractivity contribution is 9.10. The number of anilines is 1. The first-order valence-electron chi connectivity index (χ1n) is 9.47. The largest absolute Gasteiger partial charge is 0.477 e. The molecule has 0 spiro atoms. The van der Waals surface area contributed by atoms with Crippen LogP contribution in [0.5, 0.6) is 0 Å². The molecule has 0 fully saturated rings. The van der Waals surface area contributed by atoms with Crippen LogP contribution in [-0.4, -0.2) is 40.4 Å². The number of fused-ring (bicyclic) bond motifs is 1. The summed E-state index contributed by atoms with van der Waals surface area (Å²) in [6.07, 6.45) is 15.2. The monoisotopic (exact) mass is 477 g/mol. The molecule has 154 valence electrons. The Morgan fingerprint density at radius 1 is 1.13 bits per heavy atom. The van der Waals surface area contributed by atoms with E-state index in [1.54, 1.807) is 23.0 Å². The van der Waals surface area contributed by atoms with Crippen molar-refractivity contribution in [1.29, 1.82) is 0 Å². The third kappa shape index (κ3) is 3.30. The van der Waals surface area contributed by atoms with Gasteiger partial charge in [-0.25, -0.2) is 19.4 Å². The number of hydrogen-bond donors (Lipinski definition) is 2. The Labute approximate surface area is 184 Å². The number of rotatable bonds is 4. The standard InChI is InChI=1S/C21H16BrN7O2/c22-17-18(12-6-7-16(21(30)31)24-8-12)27-20-15(10-26-29(20)19(17)23)13-9-25-28(11-13)14-4-2-1-3-5-14/h2,4-11H,1,3,23H2,(H,30,31). The molecular formula is C21H16BrN7O2. The first-order valence-corrected chi connectivity index (χ1v) is 10.3. The minimum atomic E-state index is -1.09. The number of nitrogens with zero attached hydrogens (tertiary/aromatic N) is 6. The predicted octanol–water partition coefficient (Wildman–Crippen LogP) is 3.89. The van der Waals surface area contributed by atoms with Gasteiger partial charge in [-0.05, 0) is 47.0 Å². The van der Waals surface area contributed by atoms with Gasteiger partial charge in [0.05, 0.1) is 28.3 Å². The molecule has 0 saturated carbocycles. The normalized spacial score (nSPS) is 13.5. The summed E-state index contributed by atoms with van der Waals surface area (Å²) in [4.78, 5) is 19.8. The van der Waals surface area contributed by atoms with Crippen molar-refractivity contribution in [2.75, 3.05) is 5.73 Å². The number of carbonyl (C=O) groups is 1. The van der Waals surface area contributed by atoms with Crippen molar-refractivity contribution in [3.63, 3.8) is 0 Å². The molecule has 1 aliphatic carbocycles. The van der Waals surface area contributed by atoms with Gasteiger partial charge in [0.25, 0.3) is 0 Å². The minimum Gasteiger partial charge on any atom is -0.477 e. The SMILES string of the molecule is Nc1c(Br)c(-c2ccc(C(=O)O)nc2)nc2c(-c3cnn(C4=CCCC=C4)c3)cnn12. The third-order valence-corrected chi connectivity index (χ3v) is 5.79. The van der Waals surface area contributed by atoms with Crippen LogP contribution in [-0.2, 0) is 0 Å². The number of nitrogens with two attached hydrogens (primary N) is 1. The summed E-state index contributed by atoms with van der Waals surface area (Å²) >= 11 is 3.48. The van der Waals surface area contributed by atoms with Gasteiger partial charge >= 0.3 is 5.97 Å². The second-order valence-electron chi connectivity index (χ2n) is 6.97. The summed E-state index contributed by atoms with van der Waals surface area (Å²) in [5.74, 6) is -0.717. The highest BCUT2D eigenvalue weighted by Gasteiger charge is 2.19. The Morgan fingerprint density at radius 2 is 2.00 bits per heavy atom. The second-order valence-corrected chi connectivity index (χ2v) is 7.77. The number of nitrogen functional groups attached to an aromatic ring is 1. The maximum atomic E-state index is 11.1. The Morgan fingerprint density at radius 3 is 2.71 bits per heavy atom. The molecule has 0 amide bonds. The van der Waals surface area contributed by atoms with E-state index in [2.05, 4.69) is 49.3 Å². The fraction of sp³-hybridized carbons (Fsp3) is 0.0952. The van der Waals surface area contributed by atoms with Crippen LogP contribution in [0.2, 0.25) is 0 Å². The van der Waals surface area contributed by atoms with Gasteiger partial charge in [-0.3, -0.25) is 0 Å². The van der Waals surface area contributed by atoms with Crippen molar-refractivity contribution in [2.45, 2.75) is 12.8 Å². The molecule has 3 N–H and O–H groups in total. The van der Waals surface area contributed by atoms with Gasteiger partial charge in [-0.1, -0.05) is 12.2 Å². The summed E-state index contributed by atoms with van der Waals surface area (Å²) in [5, 5.41) is 17.9. The van der Waals surface area contributed by atoms with Gasteiger partial charge in [0.15, 0.2) is 5.65 Å². The number of carboxylic acids is 1. The van der Waals surface area contributed by atoms with Crippen molar-refractivity contribution >= 4 is 39.1 Å². The number of hydrogen-bond acceptors (Lipinski definition) is 6. The summed E-state index contributed by atoms with van der Waals surface area (Å²) in [6.45, 7) is 0. The highest BCUT2D eigenvalue weighted by Crippen LogP contribution is 2.34. The van der Waals surface area contributed by atoms with Gasteiger partial charge < -0.3 is 10.8 Å². The van der Waals surface area contributed by atoms with E-state index < -0.39 is 5.97 Å². The van der Waals surface area contributed by atoms with Crippen molar-refractivity contribution in [2.24, 2.45) is 0 Å². The van der Waals surface area contributed by atoms with Crippen molar-refractivity contribution < 1.29 is 9.90 Å². The van der Waals surface area contributed by atoms with E-state index in [0.717, 1.165) is 29.7 Å². The van der Waals surface area contributed by atoms with E-state index >= 15 is 0 Å². The van der Waals surface area contributed by atoms with E-state index in [4.69, 9.17) is 15.8 Å². The average molecular weight is 478 g/mol. The fourth-order valence-electron chi connectivity index (χ4n) is 3.42. The van der Waals surface area contributed by atoms with Crippen molar-refractivity contribution in [3.8, 4) is 22.4 Å². The molecule has 0 bridgehead atoms. The van der Waals surface area contributed by atoms with Gasteiger partial charge in [0.1, 0.15) is 11.5 Å². The number of allylic oxidation sites excluding steroid dienone is 4. The highest BCUT2D eigenvalue weighted by atomic mass is 79.9. The first-order chi connectivity index (χ1) is 15.0. The molecule has 1 aliphatic rings. The second kappa shape index (κ2) is 7.47. The van der Waals surface area contributed by atoms with Gasteiger partial charge in [0, 0.05) is 29.1 Å². The molecule has 0 atom stereocenters. The van der Waals surface area contributed by atoms with Crippen LogP contribution in [0, 0.1) is 0 Å². The number of halogens is 1. The van der Waals surface area contributed by atoms with Crippen LogP contribution in [0.15, 0.2) is 59.6 Å². The molecule has 5 rings (SSSR count). The fourth-order valence-corrected chi connectivity index (χ4v) is 3.91. The lowest BCUT2D eigenvalue weighted by Crippen LogP contribution is -2.04. The number of pyridine rings is 1. The Kier molecular flexibility index (Phi) is 4.63. The molecule has 9 nitrogen and oxygen atoms in total. The lowest BCUT2D eigenvalue weighted by molar-refractivity contribution is 0.0690. The van der Waals surface area contributed by atoms with Crippen LogP contribution >= 0.6 is 15.9 Å². The lowest BCUT2D eigenvalue weighted by Gasteiger charge is -2.09. The summed E-state index contributed by atoms with van der Waals surface area (Å²) in [5.41, 5.74) is 10.7. The van der Waals surface area contributed by atoms with Crippen LogP contribution in [0.3, 0.4) is 0 Å². The van der Waals surface area contributed by atoms with Crippen LogP contribution in [0.1, 0.15) is 23.3 Å². The maximum absolute atomic E-state index is 11.1. The molecule has 0 unspecified atom stereocenters. The van der Waals surface area contributed by atoms with Crippen LogP contribution in [0.4, 0.5) is 5.82 Å². The van der Waals surface area contributed by atoms with E-state index in [9.17, 15) is 4.79 Å². The Bertz CT molecular complexity index is 1380. The average Bonchev–Trinajstić information content (AvgIpc) is 3.44.